The summed E-state index contributed by atoms with van der Waals surface area (Å²) in [5, 5.41) is 0. The molecule has 0 aromatic carbocycles. The minimum absolute atomic E-state index is 0.393. The van der Waals surface area contributed by atoms with Gasteiger partial charge in [0.05, 0.1) is 6.42 Å². The highest BCUT2D eigenvalue weighted by Crippen LogP contribution is 2.42. The zero-order valence-corrected chi connectivity index (χ0v) is 10.7. The number of alkyl halides is 3. The number of halogens is 3. The van der Waals surface area contributed by atoms with Gasteiger partial charge in [0.2, 0.25) is 0 Å². The average Bonchev–Trinajstić information content (AvgIpc) is 2.15. The summed E-state index contributed by atoms with van der Waals surface area (Å²) in [5.74, 6) is 1.39. The number of nitrogens with zero attached hydrogens (tertiary/aromatic N) is 3. The van der Waals surface area contributed by atoms with Crippen molar-refractivity contribution in [2.45, 2.75) is 33.4 Å². The van der Waals surface area contributed by atoms with Gasteiger partial charge in [0.1, 0.15) is 11.6 Å². The summed E-state index contributed by atoms with van der Waals surface area (Å²) in [5.41, 5.74) is 0.207. The number of aromatic nitrogens is 2. The zero-order chi connectivity index (χ0) is 13.6. The molecule has 0 N–H and O–H groups in total. The molecule has 0 atom stereocenters. The third-order valence-corrected chi connectivity index (χ3v) is 3.14. The lowest BCUT2D eigenvalue weighted by atomic mass is 9.78. The predicted molar refractivity (Wildman–Crippen MR) is 62.5 cm³/mol. The van der Waals surface area contributed by atoms with Crippen LogP contribution in [0.25, 0.3) is 0 Å². The molecule has 1 fully saturated rings. The third-order valence-electron chi connectivity index (χ3n) is 3.14. The van der Waals surface area contributed by atoms with Gasteiger partial charge in [-0.2, -0.15) is 13.2 Å². The van der Waals surface area contributed by atoms with E-state index in [0.717, 1.165) is 11.4 Å². The van der Waals surface area contributed by atoms with Gasteiger partial charge in [0.15, 0.2) is 0 Å². The van der Waals surface area contributed by atoms with E-state index >= 15 is 0 Å². The molecule has 1 aromatic heterocycles. The van der Waals surface area contributed by atoms with Gasteiger partial charge in [0, 0.05) is 30.3 Å². The summed E-state index contributed by atoms with van der Waals surface area (Å²) < 4.78 is 37.2. The summed E-state index contributed by atoms with van der Waals surface area (Å²) in [6.07, 6.45) is -3.13. The van der Waals surface area contributed by atoms with Gasteiger partial charge in [-0.3, -0.25) is 0 Å². The zero-order valence-electron chi connectivity index (χ0n) is 10.7. The van der Waals surface area contributed by atoms with Gasteiger partial charge in [-0.15, -0.1) is 0 Å². The summed E-state index contributed by atoms with van der Waals surface area (Å²) in [6, 6.07) is 0. The van der Waals surface area contributed by atoms with Crippen LogP contribution < -0.4 is 4.90 Å². The van der Waals surface area contributed by atoms with Crippen LogP contribution in [-0.2, 0) is 0 Å². The van der Waals surface area contributed by atoms with Crippen LogP contribution in [0.4, 0.5) is 19.0 Å². The van der Waals surface area contributed by atoms with E-state index in [-0.39, 0.29) is 0 Å². The Morgan fingerprint density at radius 1 is 1.33 bits per heavy atom. The van der Waals surface area contributed by atoms with Crippen LogP contribution in [-0.4, -0.2) is 29.2 Å². The number of hydrogen-bond donors (Lipinski definition) is 0. The Hall–Kier alpha value is -1.33. The molecular weight excluding hydrogens is 243 g/mol. The average molecular weight is 259 g/mol. The largest absolute Gasteiger partial charge is 0.389 e. The Labute approximate surface area is 104 Å². The van der Waals surface area contributed by atoms with Crippen molar-refractivity contribution in [3.63, 3.8) is 0 Å². The van der Waals surface area contributed by atoms with E-state index in [1.165, 1.54) is 0 Å². The second-order valence-corrected chi connectivity index (χ2v) is 5.38. The van der Waals surface area contributed by atoms with E-state index in [1.807, 2.05) is 11.8 Å². The predicted octanol–water partition coefficient (Wildman–Crippen LogP) is 2.87. The Bertz CT molecular complexity index is 450. The molecule has 0 radical (unpaired) electrons. The maximum atomic E-state index is 12.4. The van der Waals surface area contributed by atoms with Crippen LogP contribution in [0.2, 0.25) is 0 Å². The van der Waals surface area contributed by atoms with Gasteiger partial charge >= 0.3 is 6.18 Å². The first-order valence-electron chi connectivity index (χ1n) is 5.80. The molecule has 0 spiro atoms. The molecule has 0 amide bonds. The molecule has 0 saturated carbocycles. The first-order chi connectivity index (χ1) is 8.19. The fourth-order valence-electron chi connectivity index (χ4n) is 2.46. The molecule has 100 valence electrons. The second kappa shape index (κ2) is 4.10. The van der Waals surface area contributed by atoms with Gasteiger partial charge in [-0.05, 0) is 13.8 Å². The van der Waals surface area contributed by atoms with E-state index < -0.39 is 18.0 Å². The molecule has 2 rings (SSSR count). The van der Waals surface area contributed by atoms with Crippen molar-refractivity contribution in [2.24, 2.45) is 5.41 Å². The standard InChI is InChI=1S/C12H16F3N3/c1-8-4-16-9(2)17-10(8)18-6-11(3,7-18)5-12(13,14)15/h4H,5-7H2,1-3H3. The molecule has 1 aliphatic heterocycles. The molecule has 1 aromatic rings. The monoisotopic (exact) mass is 259 g/mol. The maximum absolute atomic E-state index is 12.4. The fraction of sp³-hybridized carbons (Fsp3) is 0.667. The van der Waals surface area contributed by atoms with Gasteiger partial charge in [-0.1, -0.05) is 6.92 Å². The van der Waals surface area contributed by atoms with Crippen molar-refractivity contribution in [1.82, 2.24) is 9.97 Å². The smallest absolute Gasteiger partial charge is 0.355 e. The van der Waals surface area contributed by atoms with Crippen molar-refractivity contribution >= 4 is 5.82 Å². The second-order valence-electron chi connectivity index (χ2n) is 5.38. The first-order valence-corrected chi connectivity index (χ1v) is 5.80. The highest BCUT2D eigenvalue weighted by Gasteiger charge is 2.47. The fourth-order valence-corrected chi connectivity index (χ4v) is 2.46. The molecule has 0 bridgehead atoms. The van der Waals surface area contributed by atoms with Crippen LogP contribution >= 0.6 is 0 Å². The summed E-state index contributed by atoms with van der Waals surface area (Å²) in [7, 11) is 0. The highest BCUT2D eigenvalue weighted by molar-refractivity contribution is 5.48. The van der Waals surface area contributed by atoms with E-state index in [4.69, 9.17) is 0 Å². The minimum Gasteiger partial charge on any atom is -0.355 e. The van der Waals surface area contributed by atoms with Crippen molar-refractivity contribution in [1.29, 1.82) is 0 Å². The molecule has 2 heterocycles. The van der Waals surface area contributed by atoms with Crippen LogP contribution in [0.15, 0.2) is 6.20 Å². The van der Waals surface area contributed by atoms with Crippen molar-refractivity contribution < 1.29 is 13.2 Å². The minimum atomic E-state index is -4.10. The molecule has 0 aliphatic carbocycles. The van der Waals surface area contributed by atoms with E-state index in [2.05, 4.69) is 9.97 Å². The van der Waals surface area contributed by atoms with E-state index in [9.17, 15) is 13.2 Å². The topological polar surface area (TPSA) is 29.0 Å². The number of anilines is 1. The Morgan fingerprint density at radius 3 is 2.50 bits per heavy atom. The lowest BCUT2D eigenvalue weighted by molar-refractivity contribution is -0.159. The molecule has 6 heteroatoms. The van der Waals surface area contributed by atoms with E-state index in [1.54, 1.807) is 20.0 Å². The van der Waals surface area contributed by atoms with Gasteiger partial charge < -0.3 is 4.90 Å². The number of aryl methyl sites for hydroxylation is 2. The van der Waals surface area contributed by atoms with Crippen molar-refractivity contribution in [2.75, 3.05) is 18.0 Å². The Balaban J connectivity index is 2.06. The molecular formula is C12H16F3N3. The number of hydrogen-bond acceptors (Lipinski definition) is 3. The molecule has 3 nitrogen and oxygen atoms in total. The van der Waals surface area contributed by atoms with Crippen LogP contribution in [0.1, 0.15) is 24.7 Å². The van der Waals surface area contributed by atoms with Crippen molar-refractivity contribution in [3.05, 3.63) is 17.6 Å². The maximum Gasteiger partial charge on any atom is 0.389 e. The normalized spacial score (nSPS) is 18.7. The number of rotatable bonds is 2. The van der Waals surface area contributed by atoms with Gasteiger partial charge in [-0.25, -0.2) is 9.97 Å². The summed E-state index contributed by atoms with van der Waals surface area (Å²) >= 11 is 0. The molecule has 0 unspecified atom stereocenters. The van der Waals surface area contributed by atoms with Crippen LogP contribution in [0, 0.1) is 19.3 Å². The quantitative estimate of drug-likeness (QED) is 0.817. The third kappa shape index (κ3) is 2.73. The lowest BCUT2D eigenvalue weighted by Crippen LogP contribution is -2.57. The summed E-state index contributed by atoms with van der Waals surface area (Å²) in [4.78, 5) is 10.2. The Morgan fingerprint density at radius 2 is 1.94 bits per heavy atom. The van der Waals surface area contributed by atoms with E-state index in [0.29, 0.717) is 18.9 Å². The molecule has 1 saturated heterocycles. The molecule has 18 heavy (non-hydrogen) atoms. The highest BCUT2D eigenvalue weighted by atomic mass is 19.4. The molecule has 1 aliphatic rings. The van der Waals surface area contributed by atoms with Crippen LogP contribution in [0.3, 0.4) is 0 Å². The lowest BCUT2D eigenvalue weighted by Gasteiger charge is -2.49. The van der Waals surface area contributed by atoms with Crippen molar-refractivity contribution in [3.8, 4) is 0 Å². The van der Waals surface area contributed by atoms with Gasteiger partial charge in [0.25, 0.3) is 0 Å². The SMILES string of the molecule is Cc1ncc(C)c(N2CC(C)(CC(F)(F)F)C2)n1. The Kier molecular flexibility index (Phi) is 2.99. The van der Waals surface area contributed by atoms with Crippen LogP contribution in [0.5, 0.6) is 0 Å². The summed E-state index contributed by atoms with van der Waals surface area (Å²) in [6.45, 7) is 6.10. The first kappa shape index (κ1) is 13.1.